The van der Waals surface area contributed by atoms with Crippen molar-refractivity contribution in [3.8, 4) is 17.0 Å². The zero-order valence-electron chi connectivity index (χ0n) is 18.6. The van der Waals surface area contributed by atoms with E-state index in [0.717, 1.165) is 19.5 Å². The van der Waals surface area contributed by atoms with E-state index in [0.29, 0.717) is 45.5 Å². The second-order valence-corrected chi connectivity index (χ2v) is 8.58. The van der Waals surface area contributed by atoms with Gasteiger partial charge >= 0.3 is 0 Å². The number of carbonyl (C=O) groups is 1. The molecule has 10 nitrogen and oxygen atoms in total. The first-order chi connectivity index (χ1) is 16.5. The summed E-state index contributed by atoms with van der Waals surface area (Å²) in [7, 11) is 1.56. The van der Waals surface area contributed by atoms with E-state index in [4.69, 9.17) is 16.3 Å². The van der Waals surface area contributed by atoms with Crippen LogP contribution in [-0.2, 0) is 6.54 Å². The third-order valence-electron chi connectivity index (χ3n) is 5.83. The molecule has 4 heterocycles. The normalized spacial score (nSPS) is 14.7. The van der Waals surface area contributed by atoms with Gasteiger partial charge in [-0.25, -0.2) is 9.50 Å². The SMILES string of the molecule is COc1ccc(Cl)cc1-c1c(NC(=O)c2cnn3cccnc23)cnn1C[C@@H](O)CN1CCC1. The van der Waals surface area contributed by atoms with Crippen molar-refractivity contribution in [2.45, 2.75) is 19.1 Å². The summed E-state index contributed by atoms with van der Waals surface area (Å²) < 4.78 is 8.76. The van der Waals surface area contributed by atoms with Crippen LogP contribution < -0.4 is 10.1 Å². The molecule has 4 aromatic rings. The number of methoxy groups -OCH3 is 1. The number of nitrogens with zero attached hydrogens (tertiary/aromatic N) is 6. The van der Waals surface area contributed by atoms with Crippen LogP contribution in [0.2, 0.25) is 5.02 Å². The Kier molecular flexibility index (Phi) is 6.18. The molecule has 1 aromatic carbocycles. The Balaban J connectivity index is 1.51. The van der Waals surface area contributed by atoms with Crippen molar-refractivity contribution in [2.24, 2.45) is 0 Å². The molecule has 0 spiro atoms. The molecule has 176 valence electrons. The number of carbonyl (C=O) groups excluding carboxylic acids is 1. The van der Waals surface area contributed by atoms with Crippen LogP contribution >= 0.6 is 11.6 Å². The van der Waals surface area contributed by atoms with E-state index in [1.54, 1.807) is 54.6 Å². The minimum atomic E-state index is -0.628. The standard InChI is InChI=1S/C23H24ClN7O3/c1-34-20-5-4-15(24)10-17(20)21-19(12-27-31(21)14-16(32)13-29-7-3-8-29)28-23(33)18-11-26-30-9-2-6-25-22(18)30/h2,4-6,9-12,16,32H,3,7-8,13-14H2,1H3,(H,28,33)/t16-/m0/s1. The molecule has 1 aliphatic heterocycles. The number of nitrogens with one attached hydrogen (secondary N) is 1. The topological polar surface area (TPSA) is 110 Å². The number of fused-ring (bicyclic) bond motifs is 1. The lowest BCUT2D eigenvalue weighted by atomic mass is 10.1. The third kappa shape index (κ3) is 4.35. The van der Waals surface area contributed by atoms with Gasteiger partial charge in [-0.3, -0.25) is 9.48 Å². The number of hydrogen-bond acceptors (Lipinski definition) is 7. The van der Waals surface area contributed by atoms with Crippen molar-refractivity contribution < 1.29 is 14.6 Å². The van der Waals surface area contributed by atoms with Crippen LogP contribution in [-0.4, -0.2) is 73.1 Å². The van der Waals surface area contributed by atoms with Crippen molar-refractivity contribution in [3.05, 3.63) is 59.6 Å². The molecular weight excluding hydrogens is 458 g/mol. The number of aromatic nitrogens is 5. The molecule has 0 unspecified atom stereocenters. The van der Waals surface area contributed by atoms with E-state index < -0.39 is 6.10 Å². The van der Waals surface area contributed by atoms with Gasteiger partial charge < -0.3 is 20.1 Å². The summed E-state index contributed by atoms with van der Waals surface area (Å²) in [4.78, 5) is 19.6. The molecular formula is C23H24ClN7O3. The lowest BCUT2D eigenvalue weighted by Gasteiger charge is -2.32. The Hall–Kier alpha value is -3.47. The van der Waals surface area contributed by atoms with Crippen LogP contribution in [0, 0.1) is 0 Å². The minimum Gasteiger partial charge on any atom is -0.496 e. The van der Waals surface area contributed by atoms with Gasteiger partial charge in [0, 0.05) is 29.5 Å². The molecule has 0 saturated carbocycles. The van der Waals surface area contributed by atoms with Gasteiger partial charge in [-0.1, -0.05) is 11.6 Å². The fraction of sp³-hybridized carbons (Fsp3) is 0.304. The molecule has 1 atom stereocenters. The third-order valence-corrected chi connectivity index (χ3v) is 6.06. The zero-order valence-corrected chi connectivity index (χ0v) is 19.3. The van der Waals surface area contributed by atoms with Gasteiger partial charge in [-0.05, 0) is 43.8 Å². The molecule has 0 aliphatic carbocycles. The van der Waals surface area contributed by atoms with Crippen LogP contribution in [0.25, 0.3) is 16.9 Å². The number of hydrogen-bond donors (Lipinski definition) is 2. The summed E-state index contributed by atoms with van der Waals surface area (Å²) in [5.41, 5.74) is 2.46. The Labute approximate surface area is 200 Å². The molecule has 0 radical (unpaired) electrons. The highest BCUT2D eigenvalue weighted by Crippen LogP contribution is 2.37. The lowest BCUT2D eigenvalue weighted by molar-refractivity contribution is 0.0664. The lowest BCUT2D eigenvalue weighted by Crippen LogP contribution is -2.43. The monoisotopic (exact) mass is 481 g/mol. The van der Waals surface area contributed by atoms with Crippen molar-refractivity contribution in [1.82, 2.24) is 29.3 Å². The van der Waals surface area contributed by atoms with Crippen LogP contribution in [0.4, 0.5) is 5.69 Å². The fourth-order valence-corrected chi connectivity index (χ4v) is 4.23. The van der Waals surface area contributed by atoms with Gasteiger partial charge in [-0.2, -0.15) is 10.2 Å². The van der Waals surface area contributed by atoms with Crippen LogP contribution in [0.15, 0.2) is 49.1 Å². The highest BCUT2D eigenvalue weighted by atomic mass is 35.5. The Morgan fingerprint density at radius 2 is 2.12 bits per heavy atom. The molecule has 34 heavy (non-hydrogen) atoms. The highest BCUT2D eigenvalue weighted by Gasteiger charge is 2.24. The smallest absolute Gasteiger partial charge is 0.261 e. The molecule has 5 rings (SSSR count). The number of aliphatic hydroxyl groups is 1. The molecule has 0 bridgehead atoms. The van der Waals surface area contributed by atoms with Gasteiger partial charge in [-0.15, -0.1) is 0 Å². The largest absolute Gasteiger partial charge is 0.496 e. The number of likely N-dealkylation sites (tertiary alicyclic amines) is 1. The zero-order chi connectivity index (χ0) is 23.7. The fourth-order valence-electron chi connectivity index (χ4n) is 4.06. The molecule has 2 N–H and O–H groups in total. The van der Waals surface area contributed by atoms with E-state index in [9.17, 15) is 9.90 Å². The average molecular weight is 482 g/mol. The number of halogens is 1. The van der Waals surface area contributed by atoms with Crippen molar-refractivity contribution in [2.75, 3.05) is 32.1 Å². The summed E-state index contributed by atoms with van der Waals surface area (Å²) >= 11 is 6.30. The van der Waals surface area contributed by atoms with Crippen LogP contribution in [0.1, 0.15) is 16.8 Å². The first kappa shape index (κ1) is 22.3. The Morgan fingerprint density at radius 3 is 2.88 bits per heavy atom. The maximum absolute atomic E-state index is 13.2. The molecule has 11 heteroatoms. The Bertz CT molecular complexity index is 1330. The second kappa shape index (κ2) is 9.41. The van der Waals surface area contributed by atoms with Gasteiger partial charge in [0.2, 0.25) is 0 Å². The van der Waals surface area contributed by atoms with E-state index in [-0.39, 0.29) is 12.5 Å². The van der Waals surface area contributed by atoms with Gasteiger partial charge in [0.25, 0.3) is 5.91 Å². The van der Waals surface area contributed by atoms with Crippen molar-refractivity contribution in [1.29, 1.82) is 0 Å². The molecule has 3 aromatic heterocycles. The first-order valence-electron chi connectivity index (χ1n) is 10.9. The minimum absolute atomic E-state index is 0.246. The first-order valence-corrected chi connectivity index (χ1v) is 11.3. The van der Waals surface area contributed by atoms with E-state index >= 15 is 0 Å². The molecule has 1 saturated heterocycles. The average Bonchev–Trinajstić information content (AvgIpc) is 3.40. The number of amides is 1. The van der Waals surface area contributed by atoms with Gasteiger partial charge in [0.05, 0.1) is 43.5 Å². The van der Waals surface area contributed by atoms with E-state index in [1.807, 2.05) is 0 Å². The predicted molar refractivity (Wildman–Crippen MR) is 127 cm³/mol. The van der Waals surface area contributed by atoms with Crippen LogP contribution in [0.5, 0.6) is 5.75 Å². The molecule has 1 aliphatic rings. The summed E-state index contributed by atoms with van der Waals surface area (Å²) in [5, 5.41) is 22.8. The number of ether oxygens (including phenoxy) is 1. The van der Waals surface area contributed by atoms with E-state index in [1.165, 1.54) is 10.7 Å². The molecule has 1 fully saturated rings. The van der Waals surface area contributed by atoms with Crippen molar-refractivity contribution >= 4 is 28.8 Å². The number of rotatable bonds is 8. The van der Waals surface area contributed by atoms with Crippen LogP contribution in [0.3, 0.4) is 0 Å². The number of anilines is 1. The number of β-amino-alcohol motifs (C(OH)–C–C–N with tert-alkyl or cyclic N) is 1. The van der Waals surface area contributed by atoms with Crippen molar-refractivity contribution in [3.63, 3.8) is 0 Å². The maximum atomic E-state index is 13.2. The summed E-state index contributed by atoms with van der Waals surface area (Å²) in [6.45, 7) is 2.78. The van der Waals surface area contributed by atoms with Gasteiger partial charge in [0.15, 0.2) is 5.65 Å². The maximum Gasteiger partial charge on any atom is 0.261 e. The Morgan fingerprint density at radius 1 is 1.26 bits per heavy atom. The second-order valence-electron chi connectivity index (χ2n) is 8.14. The molecule has 1 amide bonds. The number of benzene rings is 1. The van der Waals surface area contributed by atoms with Gasteiger partial charge in [0.1, 0.15) is 11.3 Å². The predicted octanol–water partition coefficient (Wildman–Crippen LogP) is 2.57. The summed E-state index contributed by atoms with van der Waals surface area (Å²) in [6, 6.07) is 6.97. The van der Waals surface area contributed by atoms with E-state index in [2.05, 4.69) is 25.4 Å². The summed E-state index contributed by atoms with van der Waals surface area (Å²) in [5.74, 6) is 0.188. The summed E-state index contributed by atoms with van der Waals surface area (Å²) in [6.07, 6.45) is 6.87. The number of aliphatic hydroxyl groups excluding tert-OH is 1. The quantitative estimate of drug-likeness (QED) is 0.398. The highest BCUT2D eigenvalue weighted by molar-refractivity contribution is 6.31.